The van der Waals surface area contributed by atoms with Gasteiger partial charge >= 0.3 is 0 Å². The number of rotatable bonds is 3. The molecule has 0 spiro atoms. The summed E-state index contributed by atoms with van der Waals surface area (Å²) >= 11 is 5.77. The standard InChI is InChI=1S/C15H12ClFN4/c1-18-14-10-4-2-3-5-13(10)20-15(21-14)19-9-6-7-12(17)11(16)8-9/h2-8H,1H3,(H2,18,19,20,21). The van der Waals surface area contributed by atoms with Crippen molar-refractivity contribution in [1.29, 1.82) is 0 Å². The van der Waals surface area contributed by atoms with Crippen LogP contribution in [0.4, 0.5) is 21.8 Å². The third kappa shape index (κ3) is 2.73. The number of para-hydroxylation sites is 1. The summed E-state index contributed by atoms with van der Waals surface area (Å²) in [5.74, 6) is 0.676. The van der Waals surface area contributed by atoms with Crippen LogP contribution in [0.25, 0.3) is 10.9 Å². The van der Waals surface area contributed by atoms with Gasteiger partial charge < -0.3 is 10.6 Å². The Labute approximate surface area is 126 Å². The number of anilines is 3. The van der Waals surface area contributed by atoms with Crippen LogP contribution in [0.2, 0.25) is 5.02 Å². The van der Waals surface area contributed by atoms with Gasteiger partial charge in [0.1, 0.15) is 11.6 Å². The van der Waals surface area contributed by atoms with E-state index in [0.717, 1.165) is 16.7 Å². The molecule has 0 aliphatic carbocycles. The second kappa shape index (κ2) is 5.54. The van der Waals surface area contributed by atoms with Crippen LogP contribution >= 0.6 is 11.6 Å². The van der Waals surface area contributed by atoms with E-state index in [1.165, 1.54) is 12.1 Å². The summed E-state index contributed by atoms with van der Waals surface area (Å²) in [6.45, 7) is 0. The SMILES string of the molecule is CNc1nc(Nc2ccc(F)c(Cl)c2)nc2ccccc12. The van der Waals surface area contributed by atoms with Gasteiger partial charge in [-0.1, -0.05) is 23.7 Å². The van der Waals surface area contributed by atoms with Crippen LogP contribution in [0.5, 0.6) is 0 Å². The quantitative estimate of drug-likeness (QED) is 0.761. The van der Waals surface area contributed by atoms with Crippen molar-refractivity contribution in [2.75, 3.05) is 17.7 Å². The molecule has 106 valence electrons. The maximum Gasteiger partial charge on any atom is 0.229 e. The zero-order valence-corrected chi connectivity index (χ0v) is 11.9. The average Bonchev–Trinajstić information content (AvgIpc) is 2.50. The molecule has 0 amide bonds. The van der Waals surface area contributed by atoms with Gasteiger partial charge in [0, 0.05) is 18.1 Å². The normalized spacial score (nSPS) is 10.6. The molecule has 3 rings (SSSR count). The van der Waals surface area contributed by atoms with E-state index in [-0.39, 0.29) is 5.02 Å². The highest BCUT2D eigenvalue weighted by molar-refractivity contribution is 6.31. The van der Waals surface area contributed by atoms with Gasteiger partial charge in [0.05, 0.1) is 10.5 Å². The van der Waals surface area contributed by atoms with Gasteiger partial charge in [-0.05, 0) is 30.3 Å². The van der Waals surface area contributed by atoms with Crippen LogP contribution in [-0.4, -0.2) is 17.0 Å². The van der Waals surface area contributed by atoms with Gasteiger partial charge in [0.15, 0.2) is 0 Å². The summed E-state index contributed by atoms with van der Waals surface area (Å²) in [6, 6.07) is 12.1. The molecular formula is C15H12ClFN4. The van der Waals surface area contributed by atoms with Crippen molar-refractivity contribution in [2.45, 2.75) is 0 Å². The first-order chi connectivity index (χ1) is 10.2. The van der Waals surface area contributed by atoms with Gasteiger partial charge in [0.25, 0.3) is 0 Å². The zero-order chi connectivity index (χ0) is 14.8. The summed E-state index contributed by atoms with van der Waals surface area (Å²) in [5, 5.41) is 7.05. The van der Waals surface area contributed by atoms with Gasteiger partial charge in [-0.15, -0.1) is 0 Å². The van der Waals surface area contributed by atoms with Crippen LogP contribution in [-0.2, 0) is 0 Å². The summed E-state index contributed by atoms with van der Waals surface area (Å²) < 4.78 is 13.2. The molecule has 0 atom stereocenters. The fourth-order valence-corrected chi connectivity index (χ4v) is 2.21. The highest BCUT2D eigenvalue weighted by Crippen LogP contribution is 2.25. The lowest BCUT2D eigenvalue weighted by atomic mass is 10.2. The van der Waals surface area contributed by atoms with E-state index >= 15 is 0 Å². The number of halogens is 2. The monoisotopic (exact) mass is 302 g/mol. The summed E-state index contributed by atoms with van der Waals surface area (Å²) in [7, 11) is 1.80. The molecule has 4 nitrogen and oxygen atoms in total. The second-order valence-electron chi connectivity index (χ2n) is 4.42. The highest BCUT2D eigenvalue weighted by Gasteiger charge is 2.07. The topological polar surface area (TPSA) is 49.8 Å². The Morgan fingerprint density at radius 2 is 1.90 bits per heavy atom. The van der Waals surface area contributed by atoms with Gasteiger partial charge in [0.2, 0.25) is 5.95 Å². The van der Waals surface area contributed by atoms with Gasteiger partial charge in [-0.3, -0.25) is 0 Å². The first-order valence-corrected chi connectivity index (χ1v) is 6.72. The minimum Gasteiger partial charge on any atom is -0.372 e. The van der Waals surface area contributed by atoms with E-state index in [9.17, 15) is 4.39 Å². The van der Waals surface area contributed by atoms with Crippen LogP contribution in [0.3, 0.4) is 0 Å². The molecule has 1 heterocycles. The number of nitrogens with zero attached hydrogens (tertiary/aromatic N) is 2. The van der Waals surface area contributed by atoms with E-state index in [2.05, 4.69) is 20.6 Å². The number of aromatic nitrogens is 2. The van der Waals surface area contributed by atoms with Crippen LogP contribution in [0.1, 0.15) is 0 Å². The zero-order valence-electron chi connectivity index (χ0n) is 11.2. The molecule has 6 heteroatoms. The van der Waals surface area contributed by atoms with E-state index in [1.54, 1.807) is 13.1 Å². The van der Waals surface area contributed by atoms with Crippen LogP contribution in [0, 0.1) is 5.82 Å². The molecule has 0 fully saturated rings. The molecule has 0 aliphatic heterocycles. The van der Waals surface area contributed by atoms with Gasteiger partial charge in [-0.25, -0.2) is 9.37 Å². The van der Waals surface area contributed by atoms with Crippen molar-refractivity contribution in [3.63, 3.8) is 0 Å². The minimum atomic E-state index is -0.461. The minimum absolute atomic E-state index is 0.0506. The molecule has 0 radical (unpaired) electrons. The lowest BCUT2D eigenvalue weighted by molar-refractivity contribution is 0.628. The average molecular weight is 303 g/mol. The molecule has 2 N–H and O–H groups in total. The molecule has 21 heavy (non-hydrogen) atoms. The maximum absolute atomic E-state index is 13.2. The summed E-state index contributed by atoms with van der Waals surface area (Å²) in [4.78, 5) is 8.83. The molecule has 1 aromatic heterocycles. The van der Waals surface area contributed by atoms with E-state index in [1.807, 2.05) is 24.3 Å². The van der Waals surface area contributed by atoms with Crippen molar-refractivity contribution in [3.8, 4) is 0 Å². The van der Waals surface area contributed by atoms with Crippen molar-refractivity contribution in [1.82, 2.24) is 9.97 Å². The lowest BCUT2D eigenvalue weighted by Crippen LogP contribution is -2.02. The van der Waals surface area contributed by atoms with E-state index < -0.39 is 5.82 Å². The van der Waals surface area contributed by atoms with Crippen LogP contribution in [0.15, 0.2) is 42.5 Å². The fraction of sp³-hybridized carbons (Fsp3) is 0.0667. The third-order valence-electron chi connectivity index (χ3n) is 3.02. The highest BCUT2D eigenvalue weighted by atomic mass is 35.5. The second-order valence-corrected chi connectivity index (χ2v) is 4.82. The number of benzene rings is 2. The fourth-order valence-electron chi connectivity index (χ4n) is 2.03. The molecule has 2 aromatic carbocycles. The Kier molecular flexibility index (Phi) is 3.58. The Morgan fingerprint density at radius 1 is 1.10 bits per heavy atom. The number of fused-ring (bicyclic) bond motifs is 1. The Bertz CT molecular complexity index is 807. The summed E-state index contributed by atoms with van der Waals surface area (Å²) in [6.07, 6.45) is 0. The Hall–Kier alpha value is -2.40. The largest absolute Gasteiger partial charge is 0.372 e. The molecule has 0 unspecified atom stereocenters. The number of hydrogen-bond acceptors (Lipinski definition) is 4. The third-order valence-corrected chi connectivity index (χ3v) is 3.31. The number of hydrogen-bond donors (Lipinski definition) is 2. The first-order valence-electron chi connectivity index (χ1n) is 6.34. The Morgan fingerprint density at radius 3 is 2.67 bits per heavy atom. The van der Waals surface area contributed by atoms with Crippen molar-refractivity contribution in [3.05, 3.63) is 53.3 Å². The van der Waals surface area contributed by atoms with Crippen molar-refractivity contribution in [2.24, 2.45) is 0 Å². The molecule has 0 aliphatic rings. The predicted molar refractivity (Wildman–Crippen MR) is 83.8 cm³/mol. The van der Waals surface area contributed by atoms with Crippen LogP contribution < -0.4 is 10.6 Å². The molecule has 0 saturated heterocycles. The van der Waals surface area contributed by atoms with Crippen molar-refractivity contribution < 1.29 is 4.39 Å². The smallest absolute Gasteiger partial charge is 0.229 e. The molecular weight excluding hydrogens is 291 g/mol. The number of nitrogens with one attached hydrogen (secondary N) is 2. The molecule has 0 saturated carbocycles. The maximum atomic E-state index is 13.2. The molecule has 3 aromatic rings. The van der Waals surface area contributed by atoms with Crippen molar-refractivity contribution >= 4 is 40.0 Å². The molecule has 0 bridgehead atoms. The predicted octanol–water partition coefficient (Wildman–Crippen LogP) is 4.21. The van der Waals surface area contributed by atoms with E-state index in [4.69, 9.17) is 11.6 Å². The Balaban J connectivity index is 2.02. The van der Waals surface area contributed by atoms with E-state index in [0.29, 0.717) is 11.6 Å². The first kappa shape index (κ1) is 13.6. The lowest BCUT2D eigenvalue weighted by Gasteiger charge is -2.10. The van der Waals surface area contributed by atoms with Gasteiger partial charge in [-0.2, -0.15) is 4.98 Å². The summed E-state index contributed by atoms with van der Waals surface area (Å²) in [5.41, 5.74) is 1.44.